The summed E-state index contributed by atoms with van der Waals surface area (Å²) in [6.07, 6.45) is 118. The van der Waals surface area contributed by atoms with Crippen LogP contribution in [0.4, 0.5) is 0 Å². The average molecular weight is 1470 g/mol. The molecule has 0 radical (unpaired) electrons. The number of benzene rings is 1. The maximum Gasteiger partial charge on any atom is 0.234 e. The Morgan fingerprint density at radius 1 is 0.238 bits per heavy atom. The van der Waals surface area contributed by atoms with E-state index in [4.69, 9.17) is 9.47 Å². The molecule has 1 aliphatic carbocycles. The minimum absolute atomic E-state index is 0.341. The van der Waals surface area contributed by atoms with Crippen molar-refractivity contribution in [2.24, 2.45) is 5.41 Å². The van der Waals surface area contributed by atoms with Crippen LogP contribution in [0.5, 0.6) is 0 Å². The first-order valence-corrected chi connectivity index (χ1v) is 49.6. The molecular formula is C100H188N2O3. The Morgan fingerprint density at radius 3 is 0.657 bits per heavy atom. The molecule has 616 valence electrons. The van der Waals surface area contributed by atoms with Gasteiger partial charge in [-0.1, -0.05) is 538 Å². The Balaban J connectivity index is 1.39. The summed E-state index contributed by atoms with van der Waals surface area (Å²) in [5, 5.41) is 3.87. The first-order valence-electron chi connectivity index (χ1n) is 49.6. The molecule has 1 amide bonds. The van der Waals surface area contributed by atoms with Crippen molar-refractivity contribution in [2.75, 3.05) is 32.8 Å². The van der Waals surface area contributed by atoms with Gasteiger partial charge in [-0.25, -0.2) is 0 Å². The van der Waals surface area contributed by atoms with Crippen molar-refractivity contribution in [1.29, 1.82) is 0 Å². The topological polar surface area (TPSA) is 50.8 Å². The van der Waals surface area contributed by atoms with Gasteiger partial charge in [0.05, 0.1) is 13.2 Å². The number of nitrogens with one attached hydrogen (secondary N) is 1. The summed E-state index contributed by atoms with van der Waals surface area (Å²) in [5.74, 6) is -0.516. The summed E-state index contributed by atoms with van der Waals surface area (Å²) in [7, 11) is 0. The maximum atomic E-state index is 16.6. The Hall–Kier alpha value is -1.43. The van der Waals surface area contributed by atoms with Crippen LogP contribution in [0, 0.1) is 5.41 Å². The summed E-state index contributed by atoms with van der Waals surface area (Å²) >= 11 is 0. The number of hydrogen-bond acceptors (Lipinski definition) is 4. The van der Waals surface area contributed by atoms with Gasteiger partial charge < -0.3 is 19.7 Å². The number of ether oxygens (including phenoxy) is 2. The molecular weight excluding hydrogens is 1280 g/mol. The largest absolute Gasteiger partial charge is 0.346 e. The number of carbonyl (C=O) groups is 1. The van der Waals surface area contributed by atoms with Gasteiger partial charge in [0, 0.05) is 19.5 Å². The lowest BCUT2D eigenvalue weighted by atomic mass is 9.68. The van der Waals surface area contributed by atoms with Crippen LogP contribution in [0.2, 0.25) is 0 Å². The van der Waals surface area contributed by atoms with E-state index >= 15 is 4.79 Å². The molecule has 1 aromatic rings. The third-order valence-electron chi connectivity index (χ3n) is 26.0. The lowest BCUT2D eigenvalue weighted by Crippen LogP contribution is -2.59. The average Bonchev–Trinajstić information content (AvgIpc) is 1.73. The highest BCUT2D eigenvalue weighted by Crippen LogP contribution is 2.51. The summed E-state index contributed by atoms with van der Waals surface area (Å²) in [6.45, 7) is 4.70. The second-order valence-electron chi connectivity index (χ2n) is 35.7. The lowest BCUT2D eigenvalue weighted by Gasteiger charge is -2.48. The van der Waals surface area contributed by atoms with Gasteiger partial charge in [0.1, 0.15) is 5.41 Å². The van der Waals surface area contributed by atoms with Crippen LogP contribution in [-0.2, 0) is 20.8 Å². The zero-order valence-electron chi connectivity index (χ0n) is 71.4. The highest BCUT2D eigenvalue weighted by atomic mass is 16.7. The van der Waals surface area contributed by atoms with Crippen LogP contribution in [0.25, 0.3) is 0 Å². The van der Waals surface area contributed by atoms with E-state index in [1.54, 1.807) is 0 Å². The van der Waals surface area contributed by atoms with Gasteiger partial charge in [-0.2, -0.15) is 0 Å². The number of fused-ring (bicyclic) bond motifs is 1. The molecule has 0 aromatic heterocycles. The first-order chi connectivity index (χ1) is 52.3. The molecule has 5 heteroatoms. The molecule has 3 fully saturated rings. The number of nitrogens with zero attached hydrogens (tertiary/aromatic N) is 1. The van der Waals surface area contributed by atoms with Crippen molar-refractivity contribution in [2.45, 2.75) is 558 Å². The number of carbonyl (C=O) groups excluding carboxylic acids is 1. The molecule has 2 saturated heterocycles. The van der Waals surface area contributed by atoms with Gasteiger partial charge in [-0.3, -0.25) is 4.79 Å². The predicted molar refractivity (Wildman–Crippen MR) is 464 cm³/mol. The summed E-state index contributed by atoms with van der Waals surface area (Å²) in [6, 6.07) is 11.0. The summed E-state index contributed by atoms with van der Waals surface area (Å²) in [5.41, 5.74) is 0.548. The molecule has 5 nitrogen and oxygen atoms in total. The zero-order chi connectivity index (χ0) is 73.7. The van der Waals surface area contributed by atoms with Crippen molar-refractivity contribution in [3.05, 3.63) is 35.9 Å². The predicted octanol–water partition coefficient (Wildman–Crippen LogP) is 33.5. The van der Waals surface area contributed by atoms with E-state index in [2.05, 4.69) is 40.5 Å². The standard InChI is InChI=1S/C100H188N2O3/c103-98-99(88-81-74-70-66-62-58-54-50-46-42-38-34-30-26-22-18-14-10-6-4-2-1-3-5-7-12-16-20-24-28-32-36-40-44-48-52-56-60-64-68-72-76-83-90-100(99)104-94-95-105-100)89-82-75-71-67-63-59-55-51-47-43-39-35-31-27-23-19-15-11-8-9-13-17-21-25-29-33-37-41-45-49-53-57-61-65-69-73-77-84-91-101-92-85-93-102(98)96-97-86-79-78-80-87-97/h78-80,86-87,101H,1-77,81-85,88-96H2. The zero-order valence-corrected chi connectivity index (χ0v) is 71.4. The quantitative estimate of drug-likeness (QED) is 0.321. The third-order valence-corrected chi connectivity index (χ3v) is 26.0. The van der Waals surface area contributed by atoms with Crippen LogP contribution in [0.15, 0.2) is 30.3 Å². The number of amides is 1. The van der Waals surface area contributed by atoms with E-state index in [1.165, 1.54) is 506 Å². The Kier molecular flexibility index (Phi) is 68.8. The van der Waals surface area contributed by atoms with Crippen molar-refractivity contribution in [1.82, 2.24) is 10.2 Å². The minimum Gasteiger partial charge on any atom is -0.346 e. The summed E-state index contributed by atoms with van der Waals surface area (Å²) < 4.78 is 14.5. The van der Waals surface area contributed by atoms with Crippen LogP contribution in [-0.4, -0.2) is 49.4 Å². The van der Waals surface area contributed by atoms with Crippen molar-refractivity contribution >= 4 is 5.91 Å². The van der Waals surface area contributed by atoms with E-state index in [-0.39, 0.29) is 0 Å². The molecule has 3 aliphatic rings. The molecule has 1 aromatic carbocycles. The molecule has 4 rings (SSSR count). The van der Waals surface area contributed by atoms with Crippen LogP contribution in [0.1, 0.15) is 551 Å². The van der Waals surface area contributed by atoms with Crippen LogP contribution < -0.4 is 5.32 Å². The lowest BCUT2D eigenvalue weighted by molar-refractivity contribution is -0.248. The highest BCUT2D eigenvalue weighted by molar-refractivity contribution is 5.84. The third kappa shape index (κ3) is 55.6. The van der Waals surface area contributed by atoms with E-state index in [9.17, 15) is 0 Å². The Labute approximate surface area is 658 Å². The molecule has 1 unspecified atom stereocenters. The van der Waals surface area contributed by atoms with Gasteiger partial charge in [0.15, 0.2) is 5.79 Å². The van der Waals surface area contributed by atoms with Gasteiger partial charge in [0.25, 0.3) is 0 Å². The number of rotatable bonds is 2. The van der Waals surface area contributed by atoms with Crippen molar-refractivity contribution in [3.63, 3.8) is 0 Å². The smallest absolute Gasteiger partial charge is 0.234 e. The molecule has 105 heavy (non-hydrogen) atoms. The van der Waals surface area contributed by atoms with E-state index in [0.717, 1.165) is 64.6 Å². The molecule has 2 aliphatic heterocycles. The molecule has 2 heterocycles. The highest BCUT2D eigenvalue weighted by Gasteiger charge is 2.60. The molecule has 1 saturated carbocycles. The summed E-state index contributed by atoms with van der Waals surface area (Å²) in [4.78, 5) is 18.9. The van der Waals surface area contributed by atoms with Crippen molar-refractivity contribution < 1.29 is 14.3 Å². The van der Waals surface area contributed by atoms with Crippen molar-refractivity contribution in [3.8, 4) is 0 Å². The van der Waals surface area contributed by atoms with Gasteiger partial charge in [-0.15, -0.1) is 0 Å². The van der Waals surface area contributed by atoms with Gasteiger partial charge in [-0.05, 0) is 50.8 Å². The second-order valence-corrected chi connectivity index (χ2v) is 35.7. The molecule has 1 N–H and O–H groups in total. The van der Waals surface area contributed by atoms with E-state index in [0.29, 0.717) is 25.7 Å². The van der Waals surface area contributed by atoms with Crippen LogP contribution >= 0.6 is 0 Å². The minimum atomic E-state index is -0.858. The Morgan fingerprint density at radius 2 is 0.429 bits per heavy atom. The molecule has 1 atom stereocenters. The Bertz CT molecular complexity index is 1840. The van der Waals surface area contributed by atoms with Gasteiger partial charge in [0.2, 0.25) is 5.91 Å². The molecule has 2 spiro atoms. The SMILES string of the molecule is O=C1N(Cc2ccccc2)CCCNCCCCCCCCCCCCCCCCCCCCCCCCCCCCCCCCCCCCCCCCC12CCCCCCCCCCCCCCCCCCCCCCCCCCCCCCCCCCCCCCCCCCCCCC21OCCO1. The van der Waals surface area contributed by atoms with Crippen LogP contribution in [0.3, 0.4) is 0 Å². The monoisotopic (exact) mass is 1470 g/mol. The fourth-order valence-corrected chi connectivity index (χ4v) is 18.9. The maximum absolute atomic E-state index is 16.6. The van der Waals surface area contributed by atoms with E-state index in [1.807, 2.05) is 0 Å². The number of hydrogen-bond donors (Lipinski definition) is 1. The normalized spacial score (nSPS) is 25.4. The second kappa shape index (κ2) is 75.3. The van der Waals surface area contributed by atoms with Gasteiger partial charge >= 0.3 is 0 Å². The first kappa shape index (κ1) is 95.9. The molecule has 0 bridgehead atoms. The van der Waals surface area contributed by atoms with E-state index < -0.39 is 11.2 Å². The fraction of sp³-hybridized carbons (Fsp3) is 0.930. The fourth-order valence-electron chi connectivity index (χ4n) is 18.9.